The van der Waals surface area contributed by atoms with Crippen molar-refractivity contribution in [2.75, 3.05) is 7.11 Å². The van der Waals surface area contributed by atoms with Crippen LogP contribution in [0.1, 0.15) is 44.2 Å². The summed E-state index contributed by atoms with van der Waals surface area (Å²) in [4.78, 5) is 23.8. The number of ether oxygens (including phenoxy) is 1. The van der Waals surface area contributed by atoms with Gasteiger partial charge in [0.2, 0.25) is 5.91 Å². The Labute approximate surface area is 130 Å². The Bertz CT molecular complexity index is 543. The predicted molar refractivity (Wildman–Crippen MR) is 82.6 cm³/mol. The van der Waals surface area contributed by atoms with Gasteiger partial charge >= 0.3 is 5.97 Å². The van der Waals surface area contributed by atoms with Crippen molar-refractivity contribution in [2.45, 2.75) is 38.6 Å². The van der Waals surface area contributed by atoms with Gasteiger partial charge in [-0.15, -0.1) is 0 Å². The third-order valence-electron chi connectivity index (χ3n) is 4.37. The van der Waals surface area contributed by atoms with Crippen LogP contribution in [0.4, 0.5) is 0 Å². The number of aliphatic carboxylic acids is 1. The molecule has 0 bridgehead atoms. The highest BCUT2D eigenvalue weighted by Crippen LogP contribution is 2.31. The van der Waals surface area contributed by atoms with Gasteiger partial charge in [0.1, 0.15) is 5.75 Å². The monoisotopic (exact) mass is 305 g/mol. The Balaban J connectivity index is 2.04. The number of hydrogen-bond donors (Lipinski definition) is 2. The molecule has 2 N–H and O–H groups in total. The van der Waals surface area contributed by atoms with E-state index in [1.807, 2.05) is 31.2 Å². The number of carboxylic acids is 1. The number of nitrogens with one attached hydrogen (secondary N) is 1. The summed E-state index contributed by atoms with van der Waals surface area (Å²) in [7, 11) is 1.60. The molecule has 5 heteroatoms. The molecule has 5 nitrogen and oxygen atoms in total. The SMILES string of the molecule is COc1cccc([C@@H](C)NC(=O)[C@H]2CCCC[C@@H]2C(=O)O)c1. The lowest BCUT2D eigenvalue weighted by Gasteiger charge is -2.28. The number of carboxylic acid groups (broad SMARTS) is 1. The van der Waals surface area contributed by atoms with Gasteiger partial charge < -0.3 is 15.2 Å². The number of hydrogen-bond acceptors (Lipinski definition) is 3. The van der Waals surface area contributed by atoms with E-state index in [2.05, 4.69) is 5.32 Å². The fourth-order valence-corrected chi connectivity index (χ4v) is 3.05. The molecular formula is C17H23NO4. The molecule has 1 saturated carbocycles. The third kappa shape index (κ3) is 3.78. The van der Waals surface area contributed by atoms with E-state index in [0.717, 1.165) is 24.2 Å². The van der Waals surface area contributed by atoms with Crippen LogP contribution in [0.3, 0.4) is 0 Å². The molecule has 0 heterocycles. The summed E-state index contributed by atoms with van der Waals surface area (Å²) in [5.74, 6) is -1.29. The van der Waals surface area contributed by atoms with Gasteiger partial charge in [-0.1, -0.05) is 25.0 Å². The summed E-state index contributed by atoms with van der Waals surface area (Å²) in [6.45, 7) is 1.89. The highest BCUT2D eigenvalue weighted by atomic mass is 16.5. The fourth-order valence-electron chi connectivity index (χ4n) is 3.05. The van der Waals surface area contributed by atoms with Crippen LogP contribution in [0.15, 0.2) is 24.3 Å². The second kappa shape index (κ2) is 7.29. The number of carbonyl (C=O) groups is 2. The number of methoxy groups -OCH3 is 1. The third-order valence-corrected chi connectivity index (χ3v) is 4.37. The van der Waals surface area contributed by atoms with Crippen LogP contribution in [-0.4, -0.2) is 24.1 Å². The van der Waals surface area contributed by atoms with Crippen molar-refractivity contribution in [1.82, 2.24) is 5.32 Å². The minimum Gasteiger partial charge on any atom is -0.497 e. The van der Waals surface area contributed by atoms with Crippen LogP contribution in [-0.2, 0) is 9.59 Å². The minimum absolute atomic E-state index is 0.164. The van der Waals surface area contributed by atoms with E-state index in [0.29, 0.717) is 12.8 Å². The lowest BCUT2D eigenvalue weighted by molar-refractivity contribution is -0.149. The number of rotatable bonds is 5. The van der Waals surface area contributed by atoms with Crippen LogP contribution in [0.5, 0.6) is 5.75 Å². The van der Waals surface area contributed by atoms with Crippen LogP contribution in [0.25, 0.3) is 0 Å². The smallest absolute Gasteiger partial charge is 0.307 e. The van der Waals surface area contributed by atoms with Gasteiger partial charge in [-0.2, -0.15) is 0 Å². The van der Waals surface area contributed by atoms with E-state index in [-0.39, 0.29) is 11.9 Å². The molecule has 0 saturated heterocycles. The summed E-state index contributed by atoms with van der Waals surface area (Å²) in [5.41, 5.74) is 0.940. The highest BCUT2D eigenvalue weighted by molar-refractivity contribution is 5.85. The van der Waals surface area contributed by atoms with Crippen molar-refractivity contribution in [3.63, 3.8) is 0 Å². The summed E-state index contributed by atoms with van der Waals surface area (Å²) >= 11 is 0. The van der Waals surface area contributed by atoms with E-state index in [1.54, 1.807) is 7.11 Å². The first kappa shape index (κ1) is 16.3. The first-order chi connectivity index (χ1) is 10.5. The second-order valence-corrected chi connectivity index (χ2v) is 5.84. The van der Waals surface area contributed by atoms with E-state index < -0.39 is 17.8 Å². The molecule has 2 rings (SSSR count). The van der Waals surface area contributed by atoms with Crippen molar-refractivity contribution in [2.24, 2.45) is 11.8 Å². The van der Waals surface area contributed by atoms with Crippen molar-refractivity contribution < 1.29 is 19.4 Å². The minimum atomic E-state index is -0.867. The average Bonchev–Trinajstić information content (AvgIpc) is 2.54. The molecule has 1 aliphatic carbocycles. The molecule has 0 radical (unpaired) electrons. The van der Waals surface area contributed by atoms with E-state index in [9.17, 15) is 14.7 Å². The zero-order chi connectivity index (χ0) is 16.1. The van der Waals surface area contributed by atoms with Crippen LogP contribution in [0, 0.1) is 11.8 Å². The second-order valence-electron chi connectivity index (χ2n) is 5.84. The topological polar surface area (TPSA) is 75.6 Å². The van der Waals surface area contributed by atoms with Crippen molar-refractivity contribution >= 4 is 11.9 Å². The van der Waals surface area contributed by atoms with Crippen molar-refractivity contribution in [3.05, 3.63) is 29.8 Å². The number of amides is 1. The Hall–Kier alpha value is -2.04. The summed E-state index contributed by atoms with van der Waals surface area (Å²) < 4.78 is 5.18. The molecule has 22 heavy (non-hydrogen) atoms. The maximum absolute atomic E-state index is 12.4. The molecule has 0 aliphatic heterocycles. The number of benzene rings is 1. The molecule has 1 fully saturated rings. The van der Waals surface area contributed by atoms with Gasteiger partial charge in [-0.05, 0) is 37.5 Å². The quantitative estimate of drug-likeness (QED) is 0.877. The van der Waals surface area contributed by atoms with Gasteiger partial charge in [0, 0.05) is 0 Å². The van der Waals surface area contributed by atoms with E-state index in [4.69, 9.17) is 4.74 Å². The molecule has 3 atom stereocenters. The largest absolute Gasteiger partial charge is 0.497 e. The zero-order valence-electron chi connectivity index (χ0n) is 13.0. The zero-order valence-corrected chi connectivity index (χ0v) is 13.0. The van der Waals surface area contributed by atoms with Gasteiger partial charge in [-0.3, -0.25) is 9.59 Å². The molecular weight excluding hydrogens is 282 g/mol. The molecule has 1 aromatic rings. The normalized spacial score (nSPS) is 22.6. The summed E-state index contributed by atoms with van der Waals surface area (Å²) in [6, 6.07) is 7.33. The van der Waals surface area contributed by atoms with E-state index in [1.165, 1.54) is 0 Å². The lowest BCUT2D eigenvalue weighted by atomic mass is 9.78. The predicted octanol–water partition coefficient (Wildman–Crippen LogP) is 2.76. The van der Waals surface area contributed by atoms with Gasteiger partial charge in [0.05, 0.1) is 25.0 Å². The molecule has 1 aromatic carbocycles. The molecule has 1 amide bonds. The Morgan fingerprint density at radius 1 is 1.27 bits per heavy atom. The molecule has 0 unspecified atom stereocenters. The van der Waals surface area contributed by atoms with Gasteiger partial charge in [0.25, 0.3) is 0 Å². The molecule has 0 spiro atoms. The first-order valence-electron chi connectivity index (χ1n) is 7.70. The number of carbonyl (C=O) groups excluding carboxylic acids is 1. The maximum atomic E-state index is 12.4. The van der Waals surface area contributed by atoms with E-state index >= 15 is 0 Å². The van der Waals surface area contributed by atoms with Crippen LogP contribution >= 0.6 is 0 Å². The Kier molecular flexibility index (Phi) is 5.41. The van der Waals surface area contributed by atoms with Crippen molar-refractivity contribution in [1.29, 1.82) is 0 Å². The van der Waals surface area contributed by atoms with Crippen molar-refractivity contribution in [3.8, 4) is 5.75 Å². The van der Waals surface area contributed by atoms with Gasteiger partial charge in [0.15, 0.2) is 0 Å². The summed E-state index contributed by atoms with van der Waals surface area (Å²) in [6.07, 6.45) is 3.02. The maximum Gasteiger partial charge on any atom is 0.307 e. The molecule has 1 aliphatic rings. The Morgan fingerprint density at radius 2 is 1.95 bits per heavy atom. The molecule has 0 aromatic heterocycles. The fraction of sp³-hybridized carbons (Fsp3) is 0.529. The average molecular weight is 305 g/mol. The lowest BCUT2D eigenvalue weighted by Crippen LogP contribution is -2.40. The van der Waals surface area contributed by atoms with Gasteiger partial charge in [-0.25, -0.2) is 0 Å². The summed E-state index contributed by atoms with van der Waals surface area (Å²) in [5, 5.41) is 12.2. The van der Waals surface area contributed by atoms with Crippen LogP contribution < -0.4 is 10.1 Å². The first-order valence-corrected chi connectivity index (χ1v) is 7.70. The van der Waals surface area contributed by atoms with Crippen LogP contribution in [0.2, 0.25) is 0 Å². The Morgan fingerprint density at radius 3 is 2.59 bits per heavy atom. The molecule has 120 valence electrons. The standard InChI is InChI=1S/C17H23NO4/c1-11(12-6-5-7-13(10-12)22-2)18-16(19)14-8-3-4-9-15(14)17(20)21/h5-7,10-11,14-15H,3-4,8-9H2,1-2H3,(H,18,19)(H,20,21)/t11-,14+,15+/m1/s1. The highest BCUT2D eigenvalue weighted by Gasteiger charge is 2.36.